The molecule has 0 saturated heterocycles. The van der Waals surface area contributed by atoms with Crippen LogP contribution in [-0.2, 0) is 15.1 Å². The van der Waals surface area contributed by atoms with Crippen LogP contribution >= 0.6 is 0 Å². The Morgan fingerprint density at radius 2 is 2.17 bits per heavy atom. The highest BCUT2D eigenvalue weighted by atomic mass is 16.5. The molecular formula is C22H22N4O3. The third-order valence-corrected chi connectivity index (χ3v) is 5.82. The minimum atomic E-state index is -1.19. The zero-order chi connectivity index (χ0) is 20.8. The van der Waals surface area contributed by atoms with Gasteiger partial charge < -0.3 is 15.2 Å². The highest BCUT2D eigenvalue weighted by molar-refractivity contribution is 6.08. The summed E-state index contributed by atoms with van der Waals surface area (Å²) in [5.41, 5.74) is 8.67. The second-order valence-corrected chi connectivity index (χ2v) is 7.42. The van der Waals surface area contributed by atoms with Crippen LogP contribution in [0.3, 0.4) is 0 Å². The molecule has 1 unspecified atom stereocenters. The van der Waals surface area contributed by atoms with Gasteiger partial charge in [0, 0.05) is 18.6 Å². The Kier molecular flexibility index (Phi) is 4.52. The lowest BCUT2D eigenvalue weighted by atomic mass is 9.71. The van der Waals surface area contributed by atoms with Crippen molar-refractivity contribution >= 4 is 11.9 Å². The molecule has 2 aromatic rings. The first-order valence-electron chi connectivity index (χ1n) is 9.39. The number of guanidine groups is 1. The van der Waals surface area contributed by atoms with Crippen molar-refractivity contribution in [1.82, 2.24) is 5.32 Å². The molecule has 0 saturated carbocycles. The molecule has 0 bridgehead atoms. The molecule has 2 aromatic carbocycles. The number of nitrogens with two attached hydrogens (primary N) is 1. The summed E-state index contributed by atoms with van der Waals surface area (Å²) in [5.74, 6) is 0.133. The number of fused-ring (bicyclic) bond motifs is 2. The van der Waals surface area contributed by atoms with Gasteiger partial charge in [-0.15, -0.1) is 0 Å². The maximum Gasteiger partial charge on any atom is 0.259 e. The average Bonchev–Trinajstić information content (AvgIpc) is 3.00. The van der Waals surface area contributed by atoms with Gasteiger partial charge >= 0.3 is 0 Å². The number of benzene rings is 2. The Labute approximate surface area is 169 Å². The van der Waals surface area contributed by atoms with Gasteiger partial charge in [-0.05, 0) is 41.8 Å². The molecule has 2 heterocycles. The van der Waals surface area contributed by atoms with E-state index in [0.717, 1.165) is 16.7 Å². The second kappa shape index (κ2) is 6.90. The van der Waals surface area contributed by atoms with Crippen LogP contribution in [0.1, 0.15) is 23.6 Å². The maximum absolute atomic E-state index is 13.1. The molecule has 0 aromatic heterocycles. The smallest absolute Gasteiger partial charge is 0.259 e. The Bertz CT molecular complexity index is 1070. The van der Waals surface area contributed by atoms with Crippen LogP contribution in [-0.4, -0.2) is 31.7 Å². The van der Waals surface area contributed by atoms with E-state index < -0.39 is 5.54 Å². The molecule has 1 spiro atoms. The van der Waals surface area contributed by atoms with Crippen LogP contribution in [0.25, 0.3) is 11.1 Å². The maximum atomic E-state index is 13.1. The highest BCUT2D eigenvalue weighted by Crippen LogP contribution is 2.50. The monoisotopic (exact) mass is 390 g/mol. The standard InChI is InChI=1S/C22H22N4O3/c1-12-16(15-6-4-5-14(9-15)10-23)7-8-17-19(12)22(20(27)25-21(24)26-22)13(2)18(29-17)11-28-3/h4-9,13,18H,11H2,1-3H3,(H3,24,25,26,27)/t13?,18-,22+/m1/s1. The van der Waals surface area contributed by atoms with Crippen molar-refractivity contribution in [3.8, 4) is 22.9 Å². The van der Waals surface area contributed by atoms with E-state index in [-0.39, 0.29) is 23.9 Å². The first kappa shape index (κ1) is 19.0. The van der Waals surface area contributed by atoms with Crippen LogP contribution in [0, 0.1) is 24.2 Å². The van der Waals surface area contributed by atoms with Crippen LogP contribution in [0.15, 0.2) is 41.4 Å². The second-order valence-electron chi connectivity index (χ2n) is 7.42. The molecule has 148 valence electrons. The van der Waals surface area contributed by atoms with Crippen molar-refractivity contribution in [3.63, 3.8) is 0 Å². The summed E-state index contributed by atoms with van der Waals surface area (Å²) in [6.07, 6.45) is -0.347. The summed E-state index contributed by atoms with van der Waals surface area (Å²) < 4.78 is 11.5. The number of nitriles is 1. The van der Waals surface area contributed by atoms with E-state index in [4.69, 9.17) is 15.2 Å². The number of nitrogens with zero attached hydrogens (tertiary/aromatic N) is 2. The average molecular weight is 390 g/mol. The molecule has 2 aliphatic heterocycles. The number of rotatable bonds is 3. The number of amides is 1. The number of hydrogen-bond donors (Lipinski definition) is 2. The third kappa shape index (κ3) is 2.76. The van der Waals surface area contributed by atoms with Crippen LogP contribution in [0.5, 0.6) is 5.75 Å². The van der Waals surface area contributed by atoms with Gasteiger partial charge in [0.25, 0.3) is 5.91 Å². The van der Waals surface area contributed by atoms with E-state index in [0.29, 0.717) is 23.5 Å². The van der Waals surface area contributed by atoms with Crippen molar-refractivity contribution in [2.24, 2.45) is 16.6 Å². The number of carbonyl (C=O) groups is 1. The van der Waals surface area contributed by atoms with E-state index in [9.17, 15) is 10.1 Å². The number of hydrogen-bond acceptors (Lipinski definition) is 6. The quantitative estimate of drug-likeness (QED) is 0.835. The summed E-state index contributed by atoms with van der Waals surface area (Å²) in [5, 5.41) is 11.9. The number of carbonyl (C=O) groups excluding carboxylic acids is 1. The van der Waals surface area contributed by atoms with E-state index in [2.05, 4.69) is 16.4 Å². The first-order valence-corrected chi connectivity index (χ1v) is 9.39. The SMILES string of the molecule is COC[C@H]1Oc2ccc(-c3cccc(C#N)c3)c(C)c2[C@@]2(N=C(N)NC2=O)C1C. The Balaban J connectivity index is 1.97. The molecule has 3 N–H and O–H groups in total. The molecule has 7 nitrogen and oxygen atoms in total. The lowest BCUT2D eigenvalue weighted by Gasteiger charge is -2.42. The van der Waals surface area contributed by atoms with Gasteiger partial charge in [-0.1, -0.05) is 25.1 Å². The summed E-state index contributed by atoms with van der Waals surface area (Å²) >= 11 is 0. The van der Waals surface area contributed by atoms with Crippen molar-refractivity contribution in [3.05, 3.63) is 53.1 Å². The van der Waals surface area contributed by atoms with E-state index in [1.807, 2.05) is 44.2 Å². The van der Waals surface area contributed by atoms with Crippen LogP contribution in [0.4, 0.5) is 0 Å². The molecule has 4 rings (SSSR count). The van der Waals surface area contributed by atoms with Crippen molar-refractivity contribution < 1.29 is 14.3 Å². The van der Waals surface area contributed by atoms with Gasteiger partial charge in [0.05, 0.1) is 18.2 Å². The van der Waals surface area contributed by atoms with Gasteiger partial charge in [0.15, 0.2) is 11.5 Å². The largest absolute Gasteiger partial charge is 0.487 e. The zero-order valence-electron chi connectivity index (χ0n) is 16.5. The number of aliphatic imine (C=N–C) groups is 1. The van der Waals surface area contributed by atoms with Crippen molar-refractivity contribution in [1.29, 1.82) is 5.26 Å². The minimum Gasteiger partial charge on any atom is -0.487 e. The molecule has 29 heavy (non-hydrogen) atoms. The fourth-order valence-electron chi connectivity index (χ4n) is 4.39. The third-order valence-electron chi connectivity index (χ3n) is 5.82. The lowest BCUT2D eigenvalue weighted by Crippen LogP contribution is -2.53. The molecule has 1 amide bonds. The van der Waals surface area contributed by atoms with Crippen molar-refractivity contribution in [2.45, 2.75) is 25.5 Å². The van der Waals surface area contributed by atoms with Gasteiger partial charge in [-0.25, -0.2) is 4.99 Å². The van der Waals surface area contributed by atoms with Crippen LogP contribution < -0.4 is 15.8 Å². The van der Waals surface area contributed by atoms with Gasteiger partial charge in [0.2, 0.25) is 0 Å². The topological polar surface area (TPSA) is 110 Å². The summed E-state index contributed by atoms with van der Waals surface area (Å²) in [7, 11) is 1.60. The summed E-state index contributed by atoms with van der Waals surface area (Å²) in [6.45, 7) is 4.20. The van der Waals surface area contributed by atoms with Gasteiger partial charge in [0.1, 0.15) is 11.9 Å². The molecular weight excluding hydrogens is 368 g/mol. The fourth-order valence-corrected chi connectivity index (χ4v) is 4.39. The first-order chi connectivity index (χ1) is 13.9. The molecule has 0 fully saturated rings. The normalized spacial score (nSPS) is 25.0. The molecule has 0 aliphatic carbocycles. The van der Waals surface area contributed by atoms with Crippen molar-refractivity contribution in [2.75, 3.05) is 13.7 Å². The lowest BCUT2D eigenvalue weighted by molar-refractivity contribution is -0.129. The molecule has 2 aliphatic rings. The molecule has 3 atom stereocenters. The van der Waals surface area contributed by atoms with Crippen LogP contribution in [0.2, 0.25) is 0 Å². The predicted octanol–water partition coefficient (Wildman–Crippen LogP) is 2.22. The van der Waals surface area contributed by atoms with Gasteiger partial charge in [-0.2, -0.15) is 5.26 Å². The minimum absolute atomic E-state index is 0.0992. The Hall–Kier alpha value is -3.37. The Morgan fingerprint density at radius 3 is 2.83 bits per heavy atom. The summed E-state index contributed by atoms with van der Waals surface area (Å²) in [4.78, 5) is 17.7. The highest BCUT2D eigenvalue weighted by Gasteiger charge is 2.57. The summed E-state index contributed by atoms with van der Waals surface area (Å²) in [6, 6.07) is 13.3. The number of methoxy groups -OCH3 is 1. The van der Waals surface area contributed by atoms with Gasteiger partial charge in [-0.3, -0.25) is 10.1 Å². The molecule has 7 heteroatoms. The van der Waals surface area contributed by atoms with E-state index in [1.165, 1.54) is 0 Å². The van der Waals surface area contributed by atoms with E-state index >= 15 is 0 Å². The number of ether oxygens (including phenoxy) is 2. The predicted molar refractivity (Wildman–Crippen MR) is 108 cm³/mol. The van der Waals surface area contributed by atoms with E-state index in [1.54, 1.807) is 13.2 Å². The fraction of sp³-hybridized carbons (Fsp3) is 0.318. The molecule has 0 radical (unpaired) electrons. The zero-order valence-corrected chi connectivity index (χ0v) is 16.5. The number of nitrogens with one attached hydrogen (secondary N) is 1. The Morgan fingerprint density at radius 1 is 1.38 bits per heavy atom.